The lowest BCUT2D eigenvalue weighted by molar-refractivity contribution is -0.118. The Bertz CT molecular complexity index is 324. The molecule has 0 unspecified atom stereocenters. The van der Waals surface area contributed by atoms with Gasteiger partial charge in [0.2, 0.25) is 0 Å². The van der Waals surface area contributed by atoms with E-state index in [1.54, 1.807) is 0 Å². The molecule has 0 saturated heterocycles. The summed E-state index contributed by atoms with van der Waals surface area (Å²) in [5, 5.41) is 18.7. The van der Waals surface area contributed by atoms with Gasteiger partial charge in [-0.05, 0) is 37.5 Å². The Morgan fingerprint density at radius 3 is 2.74 bits per heavy atom. The minimum atomic E-state index is -0.242. The highest BCUT2D eigenvalue weighted by molar-refractivity contribution is 5.81. The zero-order valence-corrected chi connectivity index (χ0v) is 11.6. The van der Waals surface area contributed by atoms with Gasteiger partial charge in [0, 0.05) is 25.4 Å². The molecule has 3 heteroatoms. The van der Waals surface area contributed by atoms with Crippen LogP contribution >= 0.6 is 0 Å². The quantitative estimate of drug-likeness (QED) is 0.550. The highest BCUT2D eigenvalue weighted by Gasteiger charge is 2.46. The molecule has 2 aliphatic carbocycles. The van der Waals surface area contributed by atoms with Crippen molar-refractivity contribution in [2.24, 2.45) is 17.8 Å². The van der Waals surface area contributed by atoms with Gasteiger partial charge in [-0.1, -0.05) is 25.0 Å². The van der Waals surface area contributed by atoms with Gasteiger partial charge in [-0.15, -0.1) is 0 Å². The van der Waals surface area contributed by atoms with Crippen molar-refractivity contribution in [3.05, 3.63) is 12.2 Å². The SMILES string of the molecule is O=C1C[C@H]2C[C@@H](O)[C@H](C=CCCCCCCO)[C@H]2C1. The Morgan fingerprint density at radius 2 is 1.95 bits per heavy atom. The molecule has 0 amide bonds. The third kappa shape index (κ3) is 3.90. The molecule has 2 rings (SSSR count). The second kappa shape index (κ2) is 7.20. The molecule has 2 fully saturated rings. The van der Waals surface area contributed by atoms with Gasteiger partial charge in [-0.3, -0.25) is 4.79 Å². The van der Waals surface area contributed by atoms with E-state index in [-0.39, 0.29) is 12.0 Å². The fourth-order valence-electron chi connectivity index (χ4n) is 3.67. The summed E-state index contributed by atoms with van der Waals surface area (Å²) in [6, 6.07) is 0. The van der Waals surface area contributed by atoms with E-state index < -0.39 is 0 Å². The Hall–Kier alpha value is -0.670. The van der Waals surface area contributed by atoms with Gasteiger partial charge in [0.1, 0.15) is 5.78 Å². The first kappa shape index (κ1) is 14.7. The largest absolute Gasteiger partial charge is 0.396 e. The van der Waals surface area contributed by atoms with E-state index in [0.717, 1.165) is 38.5 Å². The van der Waals surface area contributed by atoms with E-state index in [9.17, 15) is 9.90 Å². The lowest BCUT2D eigenvalue weighted by Gasteiger charge is -2.16. The van der Waals surface area contributed by atoms with Crippen molar-refractivity contribution in [3.8, 4) is 0 Å². The molecular weight excluding hydrogens is 240 g/mol. The molecule has 2 saturated carbocycles. The lowest BCUT2D eigenvalue weighted by atomic mass is 9.90. The Morgan fingerprint density at radius 1 is 1.16 bits per heavy atom. The first-order valence-corrected chi connectivity index (χ1v) is 7.69. The fourth-order valence-corrected chi connectivity index (χ4v) is 3.67. The molecule has 0 bridgehead atoms. The highest BCUT2D eigenvalue weighted by Crippen LogP contribution is 2.46. The maximum atomic E-state index is 11.5. The van der Waals surface area contributed by atoms with Gasteiger partial charge in [0.25, 0.3) is 0 Å². The fraction of sp³-hybridized carbons (Fsp3) is 0.812. The minimum Gasteiger partial charge on any atom is -0.396 e. The predicted molar refractivity (Wildman–Crippen MR) is 74.6 cm³/mol. The van der Waals surface area contributed by atoms with Crippen LogP contribution < -0.4 is 0 Å². The summed E-state index contributed by atoms with van der Waals surface area (Å²) in [6.07, 6.45) is 11.6. The van der Waals surface area contributed by atoms with Crippen LogP contribution in [-0.4, -0.2) is 28.7 Å². The topological polar surface area (TPSA) is 57.5 Å². The van der Waals surface area contributed by atoms with Crippen LogP contribution in [0.2, 0.25) is 0 Å². The van der Waals surface area contributed by atoms with Gasteiger partial charge in [0.05, 0.1) is 6.10 Å². The second-order valence-electron chi connectivity index (χ2n) is 6.11. The van der Waals surface area contributed by atoms with E-state index in [4.69, 9.17) is 5.11 Å². The van der Waals surface area contributed by atoms with Crippen LogP contribution in [-0.2, 0) is 4.79 Å². The standard InChI is InChI=1S/C16H26O3/c17-8-6-4-2-1-3-5-7-14-15-11-13(18)9-12(15)10-16(14)19/h5,7,12,14-17,19H,1-4,6,8-11H2/t12-,14+,15-,16+/m0/s1. The molecular formula is C16H26O3. The van der Waals surface area contributed by atoms with Crippen molar-refractivity contribution in [2.45, 2.75) is 57.5 Å². The summed E-state index contributed by atoms with van der Waals surface area (Å²) in [6.45, 7) is 0.293. The summed E-state index contributed by atoms with van der Waals surface area (Å²) < 4.78 is 0. The average Bonchev–Trinajstić information content (AvgIpc) is 2.85. The van der Waals surface area contributed by atoms with Crippen molar-refractivity contribution >= 4 is 5.78 Å². The summed E-state index contributed by atoms with van der Waals surface area (Å²) in [5.41, 5.74) is 0. The predicted octanol–water partition coefficient (Wildman–Crippen LogP) is 2.46. The van der Waals surface area contributed by atoms with Crippen LogP contribution in [0.4, 0.5) is 0 Å². The molecule has 0 aromatic rings. The third-order valence-electron chi connectivity index (χ3n) is 4.68. The average molecular weight is 266 g/mol. The van der Waals surface area contributed by atoms with Crippen molar-refractivity contribution in [1.82, 2.24) is 0 Å². The number of allylic oxidation sites excluding steroid dienone is 1. The number of unbranched alkanes of at least 4 members (excludes halogenated alkanes) is 4. The number of aliphatic hydroxyl groups is 2. The van der Waals surface area contributed by atoms with E-state index >= 15 is 0 Å². The molecule has 2 N–H and O–H groups in total. The van der Waals surface area contributed by atoms with Crippen molar-refractivity contribution < 1.29 is 15.0 Å². The van der Waals surface area contributed by atoms with Crippen LogP contribution in [0, 0.1) is 17.8 Å². The minimum absolute atomic E-state index is 0.203. The molecule has 0 spiro atoms. The van der Waals surface area contributed by atoms with Crippen LogP contribution in [0.3, 0.4) is 0 Å². The molecule has 3 nitrogen and oxygen atoms in total. The van der Waals surface area contributed by atoms with Gasteiger partial charge in [0.15, 0.2) is 0 Å². The molecule has 4 atom stereocenters. The molecule has 0 heterocycles. The monoisotopic (exact) mass is 266 g/mol. The number of hydrogen-bond donors (Lipinski definition) is 2. The third-order valence-corrected chi connectivity index (χ3v) is 4.68. The van der Waals surface area contributed by atoms with Crippen LogP contribution in [0.1, 0.15) is 51.4 Å². The summed E-state index contributed by atoms with van der Waals surface area (Å²) in [5.74, 6) is 1.41. The van der Waals surface area contributed by atoms with E-state index in [1.165, 1.54) is 0 Å². The molecule has 108 valence electrons. The smallest absolute Gasteiger partial charge is 0.133 e. The number of Topliss-reactive ketones (excluding diaryl/α,β-unsaturated/α-hetero) is 1. The van der Waals surface area contributed by atoms with Gasteiger partial charge < -0.3 is 10.2 Å². The molecule has 0 aliphatic heterocycles. The molecule has 2 aliphatic rings. The van der Waals surface area contributed by atoms with E-state index in [2.05, 4.69) is 12.2 Å². The first-order valence-electron chi connectivity index (χ1n) is 7.69. The number of carbonyl (C=O) groups is 1. The lowest BCUT2D eigenvalue weighted by Crippen LogP contribution is -2.17. The van der Waals surface area contributed by atoms with Gasteiger partial charge >= 0.3 is 0 Å². The van der Waals surface area contributed by atoms with Gasteiger partial charge in [-0.25, -0.2) is 0 Å². The highest BCUT2D eigenvalue weighted by atomic mass is 16.3. The first-order chi connectivity index (χ1) is 9.22. The number of hydrogen-bond acceptors (Lipinski definition) is 3. The zero-order chi connectivity index (χ0) is 13.7. The van der Waals surface area contributed by atoms with Gasteiger partial charge in [-0.2, -0.15) is 0 Å². The zero-order valence-electron chi connectivity index (χ0n) is 11.6. The van der Waals surface area contributed by atoms with Crippen molar-refractivity contribution in [2.75, 3.05) is 6.61 Å². The summed E-state index contributed by atoms with van der Waals surface area (Å²) in [4.78, 5) is 11.5. The molecule has 0 radical (unpaired) electrons. The van der Waals surface area contributed by atoms with E-state index in [0.29, 0.717) is 37.1 Å². The Labute approximate surface area is 115 Å². The number of ketones is 1. The number of carbonyl (C=O) groups excluding carboxylic acids is 1. The normalized spacial score (nSPS) is 34.3. The van der Waals surface area contributed by atoms with Crippen LogP contribution in [0.5, 0.6) is 0 Å². The molecule has 19 heavy (non-hydrogen) atoms. The maximum absolute atomic E-state index is 11.5. The number of fused-ring (bicyclic) bond motifs is 1. The Balaban J connectivity index is 1.70. The number of rotatable bonds is 7. The molecule has 0 aromatic heterocycles. The summed E-state index contributed by atoms with van der Waals surface area (Å²) in [7, 11) is 0. The second-order valence-corrected chi connectivity index (χ2v) is 6.11. The number of aliphatic hydroxyl groups excluding tert-OH is 2. The van der Waals surface area contributed by atoms with Crippen LogP contribution in [0.25, 0.3) is 0 Å². The van der Waals surface area contributed by atoms with Crippen molar-refractivity contribution in [1.29, 1.82) is 0 Å². The van der Waals surface area contributed by atoms with Crippen molar-refractivity contribution in [3.63, 3.8) is 0 Å². The maximum Gasteiger partial charge on any atom is 0.133 e. The van der Waals surface area contributed by atoms with E-state index in [1.807, 2.05) is 0 Å². The molecule has 0 aromatic carbocycles. The Kier molecular flexibility index (Phi) is 5.59. The van der Waals surface area contributed by atoms with Crippen LogP contribution in [0.15, 0.2) is 12.2 Å². The summed E-state index contributed by atoms with van der Waals surface area (Å²) >= 11 is 0.